The van der Waals surface area contributed by atoms with Gasteiger partial charge in [-0.15, -0.1) is 0 Å². The van der Waals surface area contributed by atoms with Crippen LogP contribution in [0, 0.1) is 18.8 Å². The van der Waals surface area contributed by atoms with Gasteiger partial charge in [-0.1, -0.05) is 11.8 Å². The van der Waals surface area contributed by atoms with Crippen LogP contribution in [0.15, 0.2) is 47.2 Å². The van der Waals surface area contributed by atoms with Crippen molar-refractivity contribution < 1.29 is 13.9 Å². The summed E-state index contributed by atoms with van der Waals surface area (Å²) in [6.45, 7) is 2.42. The number of rotatable bonds is 5. The number of nitrogens with one attached hydrogen (secondary N) is 1. The highest BCUT2D eigenvalue weighted by molar-refractivity contribution is 5.91. The number of carbonyl (C=O) groups is 1. The van der Waals surface area contributed by atoms with Crippen LogP contribution < -0.4 is 10.1 Å². The predicted molar refractivity (Wildman–Crippen MR) is 83.0 cm³/mol. The Labute approximate surface area is 129 Å². The number of ether oxygens (including phenoxy) is 1. The summed E-state index contributed by atoms with van der Waals surface area (Å²) in [5.74, 6) is 6.69. The summed E-state index contributed by atoms with van der Waals surface area (Å²) in [7, 11) is 0. The lowest BCUT2D eigenvalue weighted by Gasteiger charge is -2.00. The second-order valence-electron chi connectivity index (χ2n) is 4.34. The molecule has 0 saturated carbocycles. The summed E-state index contributed by atoms with van der Waals surface area (Å²) >= 11 is 0. The van der Waals surface area contributed by atoms with Gasteiger partial charge in [0.2, 0.25) is 5.91 Å². The molecule has 0 radical (unpaired) electrons. The van der Waals surface area contributed by atoms with Gasteiger partial charge in [-0.05, 0) is 37.3 Å². The first-order valence-electron chi connectivity index (χ1n) is 6.74. The fraction of sp³-hybridized carbons (Fsp3) is 0.176. The van der Waals surface area contributed by atoms with Gasteiger partial charge >= 0.3 is 0 Å². The fourth-order valence-electron chi connectivity index (χ4n) is 1.51. The number of hydrogen-bond donors (Lipinski definition) is 1. The molecule has 0 aliphatic rings. The van der Waals surface area contributed by atoms with E-state index in [9.17, 15) is 4.79 Å². The zero-order chi connectivity index (χ0) is 15.6. The van der Waals surface area contributed by atoms with E-state index in [1.54, 1.807) is 30.7 Å². The molecule has 1 amide bonds. The number of pyridine rings is 1. The Morgan fingerprint density at radius 1 is 1.41 bits per heavy atom. The molecule has 2 rings (SSSR count). The number of aromatic nitrogens is 1. The Hall–Kier alpha value is -3.00. The van der Waals surface area contributed by atoms with E-state index in [4.69, 9.17) is 9.15 Å². The minimum absolute atomic E-state index is 0.227. The number of nitrogens with zero attached hydrogens (tertiary/aromatic N) is 1. The summed E-state index contributed by atoms with van der Waals surface area (Å²) in [5, 5.41) is 2.64. The van der Waals surface area contributed by atoms with Crippen LogP contribution in [0.25, 0.3) is 6.08 Å². The van der Waals surface area contributed by atoms with Crippen molar-refractivity contribution in [2.75, 3.05) is 13.2 Å². The van der Waals surface area contributed by atoms with Crippen molar-refractivity contribution in [2.45, 2.75) is 6.92 Å². The molecule has 0 saturated heterocycles. The largest absolute Gasteiger partial charge is 0.479 e. The van der Waals surface area contributed by atoms with Gasteiger partial charge < -0.3 is 14.5 Å². The maximum absolute atomic E-state index is 11.5. The highest BCUT2D eigenvalue weighted by Crippen LogP contribution is 2.07. The molecule has 5 nitrogen and oxygen atoms in total. The molecule has 0 fully saturated rings. The molecule has 22 heavy (non-hydrogen) atoms. The monoisotopic (exact) mass is 296 g/mol. The standard InChI is InChI=1S/C17H16N2O3/c1-14-6-7-16(13-19-14)22-11-3-2-10-18-17(20)9-8-15-5-4-12-21-15/h4-9,12-13H,10-11H2,1H3,(H,18,20)/b9-8+. The van der Waals surface area contributed by atoms with Crippen LogP contribution in [0.1, 0.15) is 11.5 Å². The Morgan fingerprint density at radius 2 is 2.32 bits per heavy atom. The number of carbonyl (C=O) groups excluding carboxylic acids is 1. The van der Waals surface area contributed by atoms with E-state index in [2.05, 4.69) is 22.1 Å². The molecule has 2 aromatic heterocycles. The fourth-order valence-corrected chi connectivity index (χ4v) is 1.51. The Morgan fingerprint density at radius 3 is 3.05 bits per heavy atom. The molecule has 0 unspecified atom stereocenters. The van der Waals surface area contributed by atoms with E-state index in [0.29, 0.717) is 11.5 Å². The zero-order valence-electron chi connectivity index (χ0n) is 12.2. The maximum atomic E-state index is 11.5. The van der Waals surface area contributed by atoms with Gasteiger partial charge in [0, 0.05) is 11.8 Å². The number of amides is 1. The van der Waals surface area contributed by atoms with Gasteiger partial charge in [0.05, 0.1) is 19.0 Å². The molecule has 1 N–H and O–H groups in total. The molecule has 0 bridgehead atoms. The van der Waals surface area contributed by atoms with Crippen LogP contribution in [0.2, 0.25) is 0 Å². The first-order valence-corrected chi connectivity index (χ1v) is 6.74. The van der Waals surface area contributed by atoms with E-state index in [-0.39, 0.29) is 19.1 Å². The van der Waals surface area contributed by atoms with Gasteiger partial charge in [-0.3, -0.25) is 9.78 Å². The Balaban J connectivity index is 1.64. The third-order valence-electron chi connectivity index (χ3n) is 2.61. The van der Waals surface area contributed by atoms with Crippen molar-refractivity contribution in [3.63, 3.8) is 0 Å². The molecule has 0 aromatic carbocycles. The Kier molecular flexibility index (Phi) is 5.82. The topological polar surface area (TPSA) is 64.4 Å². The van der Waals surface area contributed by atoms with Gasteiger partial charge in [0.25, 0.3) is 0 Å². The van der Waals surface area contributed by atoms with Crippen LogP contribution >= 0.6 is 0 Å². The van der Waals surface area contributed by atoms with E-state index < -0.39 is 0 Å². The van der Waals surface area contributed by atoms with Crippen LogP contribution in [0.5, 0.6) is 5.75 Å². The minimum atomic E-state index is -0.227. The number of aryl methyl sites for hydroxylation is 1. The predicted octanol–water partition coefficient (Wildman–Crippen LogP) is 2.19. The van der Waals surface area contributed by atoms with Gasteiger partial charge in [-0.2, -0.15) is 0 Å². The molecule has 0 spiro atoms. The first kappa shape index (κ1) is 15.4. The van der Waals surface area contributed by atoms with Gasteiger partial charge in [0.15, 0.2) is 0 Å². The quantitative estimate of drug-likeness (QED) is 0.678. The lowest BCUT2D eigenvalue weighted by atomic mass is 10.4. The van der Waals surface area contributed by atoms with Crippen LogP contribution in [0.4, 0.5) is 0 Å². The molecule has 5 heteroatoms. The SMILES string of the molecule is Cc1ccc(OCC#CCNC(=O)/C=C/c2ccco2)cn1. The number of hydrogen-bond acceptors (Lipinski definition) is 4. The molecule has 2 heterocycles. The third-order valence-corrected chi connectivity index (χ3v) is 2.61. The smallest absolute Gasteiger partial charge is 0.244 e. The second kappa shape index (κ2) is 8.32. The van der Waals surface area contributed by atoms with E-state index in [1.807, 2.05) is 19.1 Å². The van der Waals surface area contributed by atoms with Crippen LogP contribution in [0.3, 0.4) is 0 Å². The summed E-state index contributed by atoms with van der Waals surface area (Å²) < 4.78 is 10.5. The van der Waals surface area contributed by atoms with Crippen molar-refractivity contribution in [3.05, 3.63) is 54.3 Å². The lowest BCUT2D eigenvalue weighted by molar-refractivity contribution is -0.116. The molecular weight excluding hydrogens is 280 g/mol. The molecule has 0 atom stereocenters. The van der Waals surface area contributed by atoms with Crippen LogP contribution in [-0.4, -0.2) is 24.0 Å². The molecule has 112 valence electrons. The number of furan rings is 1. The Bertz CT molecular complexity index is 677. The van der Waals surface area contributed by atoms with Crippen molar-refractivity contribution >= 4 is 12.0 Å². The molecule has 2 aromatic rings. The third kappa shape index (κ3) is 5.55. The first-order chi connectivity index (χ1) is 10.7. The van der Waals surface area contributed by atoms with E-state index in [1.165, 1.54) is 6.08 Å². The van der Waals surface area contributed by atoms with Crippen molar-refractivity contribution in [2.24, 2.45) is 0 Å². The van der Waals surface area contributed by atoms with Crippen molar-refractivity contribution in [1.82, 2.24) is 10.3 Å². The normalized spacial score (nSPS) is 10.0. The average molecular weight is 296 g/mol. The van der Waals surface area contributed by atoms with Crippen LogP contribution in [-0.2, 0) is 4.79 Å². The van der Waals surface area contributed by atoms with Crippen molar-refractivity contribution in [3.8, 4) is 17.6 Å². The van der Waals surface area contributed by atoms with E-state index >= 15 is 0 Å². The van der Waals surface area contributed by atoms with Gasteiger partial charge in [-0.25, -0.2) is 0 Å². The maximum Gasteiger partial charge on any atom is 0.244 e. The summed E-state index contributed by atoms with van der Waals surface area (Å²) in [4.78, 5) is 15.6. The minimum Gasteiger partial charge on any atom is -0.479 e. The summed E-state index contributed by atoms with van der Waals surface area (Å²) in [6, 6.07) is 7.23. The summed E-state index contributed by atoms with van der Waals surface area (Å²) in [5.41, 5.74) is 0.934. The second-order valence-corrected chi connectivity index (χ2v) is 4.34. The molecule has 0 aliphatic carbocycles. The highest BCUT2D eigenvalue weighted by atomic mass is 16.5. The zero-order valence-corrected chi connectivity index (χ0v) is 12.2. The highest BCUT2D eigenvalue weighted by Gasteiger charge is 1.94. The molecular formula is C17H16N2O3. The average Bonchev–Trinajstić information content (AvgIpc) is 3.04. The van der Waals surface area contributed by atoms with Crippen molar-refractivity contribution in [1.29, 1.82) is 0 Å². The lowest BCUT2D eigenvalue weighted by Crippen LogP contribution is -2.21. The van der Waals surface area contributed by atoms with E-state index in [0.717, 1.165) is 5.69 Å². The summed E-state index contributed by atoms with van der Waals surface area (Å²) in [6.07, 6.45) is 6.19. The molecule has 0 aliphatic heterocycles. The van der Waals surface area contributed by atoms with Gasteiger partial charge in [0.1, 0.15) is 18.1 Å².